The van der Waals surface area contributed by atoms with E-state index in [1.54, 1.807) is 6.07 Å². The van der Waals surface area contributed by atoms with Crippen molar-refractivity contribution in [2.45, 2.75) is 20.0 Å². The molecule has 1 heterocycles. The van der Waals surface area contributed by atoms with Crippen molar-refractivity contribution in [2.75, 3.05) is 6.54 Å². The van der Waals surface area contributed by atoms with Gasteiger partial charge in [0.15, 0.2) is 5.11 Å². The quantitative estimate of drug-likeness (QED) is 0.692. The number of rotatable bonds is 5. The van der Waals surface area contributed by atoms with Gasteiger partial charge in [-0.15, -0.1) is 0 Å². The fourth-order valence-electron chi connectivity index (χ4n) is 2.60. The third-order valence-electron chi connectivity index (χ3n) is 3.96. The summed E-state index contributed by atoms with van der Waals surface area (Å²) < 4.78 is 0. The lowest BCUT2D eigenvalue weighted by molar-refractivity contribution is 0.415. The van der Waals surface area contributed by atoms with Gasteiger partial charge in [0.1, 0.15) is 5.82 Å². The molecule has 0 fully saturated rings. The highest BCUT2D eigenvalue weighted by atomic mass is 32.1. The summed E-state index contributed by atoms with van der Waals surface area (Å²) in [7, 11) is 0. The molecule has 0 amide bonds. The molecule has 0 aliphatic heterocycles. The van der Waals surface area contributed by atoms with Crippen molar-refractivity contribution < 1.29 is 0 Å². The lowest BCUT2D eigenvalue weighted by atomic mass is 10.2. The molecule has 3 aromatic rings. The number of fused-ring (bicyclic) bond motifs is 1. The highest BCUT2D eigenvalue weighted by molar-refractivity contribution is 7.80. The minimum Gasteiger partial charge on any atom is -0.358 e. The van der Waals surface area contributed by atoms with Gasteiger partial charge in [-0.3, -0.25) is 4.79 Å². The maximum absolute atomic E-state index is 12.2. The maximum Gasteiger partial charge on any atom is 0.258 e. The van der Waals surface area contributed by atoms with Gasteiger partial charge in [0.2, 0.25) is 0 Å². The first kappa shape index (κ1) is 17.1. The molecule has 0 unspecified atom stereocenters. The van der Waals surface area contributed by atoms with Crippen molar-refractivity contribution in [3.63, 3.8) is 0 Å². The number of nitrogens with one attached hydrogen (secondary N) is 2. The summed E-state index contributed by atoms with van der Waals surface area (Å²) in [6, 6.07) is 17.4. The van der Waals surface area contributed by atoms with Gasteiger partial charge in [-0.1, -0.05) is 42.5 Å². The minimum atomic E-state index is -0.125. The molecule has 0 radical (unpaired) electrons. The Hall–Kier alpha value is -2.73. The number of benzene rings is 2. The van der Waals surface area contributed by atoms with Crippen molar-refractivity contribution in [1.29, 1.82) is 0 Å². The van der Waals surface area contributed by atoms with E-state index in [2.05, 4.69) is 15.3 Å². The monoisotopic (exact) mass is 352 g/mol. The van der Waals surface area contributed by atoms with Gasteiger partial charge in [-0.25, -0.2) is 4.98 Å². The fourth-order valence-corrected chi connectivity index (χ4v) is 2.87. The largest absolute Gasteiger partial charge is 0.358 e. The maximum atomic E-state index is 12.2. The van der Waals surface area contributed by atoms with Crippen molar-refractivity contribution >= 4 is 28.2 Å². The molecule has 6 heteroatoms. The second-order valence-electron chi connectivity index (χ2n) is 5.69. The van der Waals surface area contributed by atoms with Gasteiger partial charge in [-0.05, 0) is 36.8 Å². The molecule has 0 atom stereocenters. The second kappa shape index (κ2) is 7.90. The average molecular weight is 352 g/mol. The number of aromatic nitrogens is 2. The van der Waals surface area contributed by atoms with E-state index in [9.17, 15) is 4.79 Å². The zero-order valence-electron chi connectivity index (χ0n) is 14.0. The van der Waals surface area contributed by atoms with Crippen LogP contribution in [0, 0.1) is 0 Å². The number of H-pyrrole nitrogens is 1. The number of aromatic amines is 1. The highest BCUT2D eigenvalue weighted by Crippen LogP contribution is 2.07. The van der Waals surface area contributed by atoms with Crippen LogP contribution in [0.5, 0.6) is 0 Å². The van der Waals surface area contributed by atoms with Gasteiger partial charge < -0.3 is 15.2 Å². The smallest absolute Gasteiger partial charge is 0.258 e. The van der Waals surface area contributed by atoms with Crippen LogP contribution in [-0.2, 0) is 13.1 Å². The van der Waals surface area contributed by atoms with Crippen LogP contribution in [0.25, 0.3) is 10.9 Å². The first-order valence-corrected chi connectivity index (χ1v) is 8.63. The molecule has 0 aliphatic carbocycles. The zero-order valence-corrected chi connectivity index (χ0v) is 14.8. The fraction of sp³-hybridized carbons (Fsp3) is 0.211. The Labute approximate surface area is 151 Å². The Bertz CT molecular complexity index is 923. The molecule has 5 nitrogen and oxygen atoms in total. The number of para-hydroxylation sites is 1. The topological polar surface area (TPSA) is 61.0 Å². The third kappa shape index (κ3) is 4.22. The van der Waals surface area contributed by atoms with E-state index in [0.29, 0.717) is 34.9 Å². The molecule has 128 valence electrons. The summed E-state index contributed by atoms with van der Waals surface area (Å²) in [5.74, 6) is 0.606. The van der Waals surface area contributed by atoms with Gasteiger partial charge in [0, 0.05) is 13.1 Å². The van der Waals surface area contributed by atoms with Crippen LogP contribution < -0.4 is 10.9 Å². The van der Waals surface area contributed by atoms with Crippen molar-refractivity contribution in [1.82, 2.24) is 20.2 Å². The zero-order chi connectivity index (χ0) is 17.6. The predicted molar refractivity (Wildman–Crippen MR) is 104 cm³/mol. The number of hydrogen-bond donors (Lipinski definition) is 2. The molecule has 0 bridgehead atoms. The van der Waals surface area contributed by atoms with Crippen LogP contribution in [0.3, 0.4) is 0 Å². The SMILES string of the molecule is CCN(Cc1nc2ccccc2c(=O)[nH]1)C(=S)NCc1ccccc1. The first-order valence-electron chi connectivity index (χ1n) is 8.22. The average Bonchev–Trinajstić information content (AvgIpc) is 2.65. The van der Waals surface area contributed by atoms with E-state index >= 15 is 0 Å². The summed E-state index contributed by atoms with van der Waals surface area (Å²) in [6.45, 7) is 3.86. The van der Waals surface area contributed by atoms with Crippen LogP contribution in [0.4, 0.5) is 0 Å². The number of hydrogen-bond acceptors (Lipinski definition) is 3. The lowest BCUT2D eigenvalue weighted by Gasteiger charge is -2.24. The normalized spacial score (nSPS) is 10.6. The van der Waals surface area contributed by atoms with E-state index in [0.717, 1.165) is 12.1 Å². The summed E-state index contributed by atoms with van der Waals surface area (Å²) in [4.78, 5) is 21.6. The van der Waals surface area contributed by atoms with Crippen LogP contribution in [-0.4, -0.2) is 26.5 Å². The Morgan fingerprint density at radius 2 is 1.88 bits per heavy atom. The van der Waals surface area contributed by atoms with Gasteiger partial charge in [-0.2, -0.15) is 0 Å². The molecule has 1 aromatic heterocycles. The highest BCUT2D eigenvalue weighted by Gasteiger charge is 2.11. The van der Waals surface area contributed by atoms with Crippen LogP contribution >= 0.6 is 12.2 Å². The second-order valence-corrected chi connectivity index (χ2v) is 6.07. The number of nitrogens with zero attached hydrogens (tertiary/aromatic N) is 2. The number of thiocarbonyl (C=S) groups is 1. The van der Waals surface area contributed by atoms with E-state index in [4.69, 9.17) is 12.2 Å². The molecule has 0 spiro atoms. The van der Waals surface area contributed by atoms with E-state index in [1.807, 2.05) is 60.4 Å². The molecular weight excluding hydrogens is 332 g/mol. The Morgan fingerprint density at radius 3 is 2.64 bits per heavy atom. The summed E-state index contributed by atoms with van der Waals surface area (Å²) in [6.07, 6.45) is 0. The Morgan fingerprint density at radius 1 is 1.16 bits per heavy atom. The van der Waals surface area contributed by atoms with Crippen LogP contribution in [0.15, 0.2) is 59.4 Å². The van der Waals surface area contributed by atoms with Crippen molar-refractivity contribution in [3.05, 3.63) is 76.3 Å². The molecule has 0 saturated heterocycles. The molecule has 2 aromatic carbocycles. The molecular formula is C19H20N4OS. The standard InChI is InChI=1S/C19H20N4OS/c1-2-23(19(25)20-12-14-8-4-3-5-9-14)13-17-21-16-11-7-6-10-15(16)18(24)22-17/h3-11H,2,12-13H2,1H3,(H,20,25)(H,21,22,24). The van der Waals surface area contributed by atoms with E-state index in [1.165, 1.54) is 0 Å². The van der Waals surface area contributed by atoms with E-state index in [-0.39, 0.29) is 5.56 Å². The Kier molecular flexibility index (Phi) is 5.40. The third-order valence-corrected chi connectivity index (χ3v) is 4.36. The van der Waals surface area contributed by atoms with Gasteiger partial charge in [0.25, 0.3) is 5.56 Å². The van der Waals surface area contributed by atoms with Crippen LogP contribution in [0.2, 0.25) is 0 Å². The molecule has 0 saturated carbocycles. The van der Waals surface area contributed by atoms with Gasteiger partial charge >= 0.3 is 0 Å². The Balaban J connectivity index is 1.71. The molecule has 0 aliphatic rings. The summed E-state index contributed by atoms with van der Waals surface area (Å²) in [5, 5.41) is 4.50. The molecule has 25 heavy (non-hydrogen) atoms. The predicted octanol–water partition coefficient (Wildman–Crippen LogP) is 2.82. The minimum absolute atomic E-state index is 0.125. The van der Waals surface area contributed by atoms with Gasteiger partial charge in [0.05, 0.1) is 17.4 Å². The van der Waals surface area contributed by atoms with Crippen molar-refractivity contribution in [2.24, 2.45) is 0 Å². The summed E-state index contributed by atoms with van der Waals surface area (Å²) >= 11 is 5.50. The first-order chi connectivity index (χ1) is 12.2. The molecule has 3 rings (SSSR count). The van der Waals surface area contributed by atoms with E-state index < -0.39 is 0 Å². The molecule has 2 N–H and O–H groups in total. The van der Waals surface area contributed by atoms with Crippen molar-refractivity contribution in [3.8, 4) is 0 Å². The summed E-state index contributed by atoms with van der Waals surface area (Å²) in [5.41, 5.74) is 1.73. The van der Waals surface area contributed by atoms with Crippen LogP contribution in [0.1, 0.15) is 18.3 Å². The lowest BCUT2D eigenvalue weighted by Crippen LogP contribution is -2.39.